The Morgan fingerprint density at radius 2 is 2.04 bits per heavy atom. The summed E-state index contributed by atoms with van der Waals surface area (Å²) in [6, 6.07) is 8.84. The minimum atomic E-state index is -3.62. The number of carbonyl (C=O) groups is 1. The van der Waals surface area contributed by atoms with E-state index in [1.165, 1.54) is 0 Å². The molecule has 132 valence electrons. The van der Waals surface area contributed by atoms with Gasteiger partial charge in [-0.25, -0.2) is 0 Å². The summed E-state index contributed by atoms with van der Waals surface area (Å²) in [5, 5.41) is 8.82. The van der Waals surface area contributed by atoms with Crippen LogP contribution in [0.1, 0.15) is 25.3 Å². The predicted octanol–water partition coefficient (Wildman–Crippen LogP) is 1.22. The molecule has 25 heavy (non-hydrogen) atoms. The van der Waals surface area contributed by atoms with Gasteiger partial charge >= 0.3 is 0 Å². The molecule has 2 heterocycles. The molecular formula is C17H20N4O3S. The molecule has 1 saturated heterocycles. The minimum absolute atomic E-state index is 0.00471. The molecule has 1 amide bonds. The highest BCUT2D eigenvalue weighted by molar-refractivity contribution is 7.90. The van der Waals surface area contributed by atoms with Crippen LogP contribution in [0, 0.1) is 17.2 Å². The maximum Gasteiger partial charge on any atom is 0.285 e. The highest BCUT2D eigenvalue weighted by Gasteiger charge is 2.35. The van der Waals surface area contributed by atoms with Gasteiger partial charge in [-0.3, -0.25) is 4.79 Å². The van der Waals surface area contributed by atoms with Gasteiger partial charge in [-0.05, 0) is 31.9 Å². The number of hydrogen-bond donors (Lipinski definition) is 0. The van der Waals surface area contributed by atoms with E-state index in [1.54, 1.807) is 29.2 Å². The summed E-state index contributed by atoms with van der Waals surface area (Å²) in [6.45, 7) is 3.63. The molecule has 1 aromatic carbocycles. The van der Waals surface area contributed by atoms with Crippen molar-refractivity contribution in [3.8, 4) is 6.07 Å². The van der Waals surface area contributed by atoms with Crippen LogP contribution < -0.4 is 0 Å². The van der Waals surface area contributed by atoms with Gasteiger partial charge in [-0.15, -0.1) is 4.40 Å². The molecule has 0 radical (unpaired) electrons. The number of amidine groups is 1. The molecule has 1 aromatic rings. The van der Waals surface area contributed by atoms with Gasteiger partial charge in [-0.1, -0.05) is 12.1 Å². The molecule has 0 aromatic heterocycles. The number of rotatable bonds is 3. The average Bonchev–Trinajstić information content (AvgIpc) is 2.91. The average molecular weight is 360 g/mol. The first-order chi connectivity index (χ1) is 12.0. The highest BCUT2D eigenvalue weighted by Crippen LogP contribution is 2.30. The third kappa shape index (κ3) is 3.24. The standard InChI is InChI=1S/C17H20N4O3S/c1-2-20(12-9-18)17(22)13-7-10-21(11-8-13)16-14-5-3-4-6-15(14)25(23,24)19-16/h3-6,13H,2,7-8,10-12H2,1H3. The fraction of sp³-hybridized carbons (Fsp3) is 0.471. The van der Waals surface area contributed by atoms with Crippen LogP contribution in [0.2, 0.25) is 0 Å². The lowest BCUT2D eigenvalue weighted by molar-refractivity contribution is -0.136. The van der Waals surface area contributed by atoms with Gasteiger partial charge in [0.2, 0.25) is 5.91 Å². The van der Waals surface area contributed by atoms with E-state index in [0.717, 1.165) is 0 Å². The second-order valence-corrected chi connectivity index (χ2v) is 7.73. The third-order valence-electron chi connectivity index (χ3n) is 4.71. The van der Waals surface area contributed by atoms with Gasteiger partial charge in [0.05, 0.1) is 6.07 Å². The molecule has 7 nitrogen and oxygen atoms in total. The van der Waals surface area contributed by atoms with Crippen molar-refractivity contribution < 1.29 is 13.2 Å². The number of nitriles is 1. The summed E-state index contributed by atoms with van der Waals surface area (Å²) < 4.78 is 28.3. The Hall–Kier alpha value is -2.40. The molecular weight excluding hydrogens is 340 g/mol. The fourth-order valence-corrected chi connectivity index (χ4v) is 4.57. The summed E-state index contributed by atoms with van der Waals surface area (Å²) in [5.41, 5.74) is 0.631. The maximum atomic E-state index is 12.5. The summed E-state index contributed by atoms with van der Waals surface area (Å²) in [4.78, 5) is 16.2. The second kappa shape index (κ2) is 6.84. The van der Waals surface area contributed by atoms with Crippen molar-refractivity contribution >= 4 is 21.8 Å². The van der Waals surface area contributed by atoms with Gasteiger partial charge < -0.3 is 9.80 Å². The van der Waals surface area contributed by atoms with Gasteiger partial charge in [0.15, 0.2) is 5.84 Å². The number of amides is 1. The molecule has 2 aliphatic heterocycles. The zero-order chi connectivity index (χ0) is 18.0. The van der Waals surface area contributed by atoms with Crippen LogP contribution in [0.5, 0.6) is 0 Å². The van der Waals surface area contributed by atoms with Gasteiger partial charge in [0, 0.05) is 31.1 Å². The fourth-order valence-electron chi connectivity index (χ4n) is 3.34. The molecule has 0 saturated carbocycles. The predicted molar refractivity (Wildman–Crippen MR) is 92.3 cm³/mol. The van der Waals surface area contributed by atoms with Crippen LogP contribution in [0.15, 0.2) is 33.6 Å². The van der Waals surface area contributed by atoms with Crippen molar-refractivity contribution in [3.63, 3.8) is 0 Å². The normalized spacial score (nSPS) is 19.0. The van der Waals surface area contributed by atoms with E-state index in [2.05, 4.69) is 4.40 Å². The lowest BCUT2D eigenvalue weighted by Gasteiger charge is -2.34. The van der Waals surface area contributed by atoms with Crippen molar-refractivity contribution in [2.75, 3.05) is 26.2 Å². The molecule has 0 unspecified atom stereocenters. The molecule has 3 rings (SSSR count). The van der Waals surface area contributed by atoms with Gasteiger partial charge in [0.1, 0.15) is 11.4 Å². The van der Waals surface area contributed by atoms with Crippen LogP contribution in [-0.4, -0.2) is 56.1 Å². The lowest BCUT2D eigenvalue weighted by atomic mass is 9.94. The van der Waals surface area contributed by atoms with Crippen LogP contribution in [0.3, 0.4) is 0 Å². The molecule has 1 fully saturated rings. The Morgan fingerprint density at radius 1 is 1.36 bits per heavy atom. The Kier molecular flexibility index (Phi) is 4.77. The van der Waals surface area contributed by atoms with E-state index in [9.17, 15) is 13.2 Å². The number of hydrogen-bond acceptors (Lipinski definition) is 5. The lowest BCUT2D eigenvalue weighted by Crippen LogP contribution is -2.44. The van der Waals surface area contributed by atoms with Gasteiger partial charge in [0.25, 0.3) is 10.0 Å². The Balaban J connectivity index is 1.72. The van der Waals surface area contributed by atoms with Crippen molar-refractivity contribution in [2.45, 2.75) is 24.7 Å². The monoisotopic (exact) mass is 360 g/mol. The number of piperidine rings is 1. The van der Waals surface area contributed by atoms with Crippen molar-refractivity contribution in [1.29, 1.82) is 5.26 Å². The summed E-state index contributed by atoms with van der Waals surface area (Å²) >= 11 is 0. The maximum absolute atomic E-state index is 12.5. The van der Waals surface area contributed by atoms with Crippen LogP contribution in [0.25, 0.3) is 0 Å². The van der Waals surface area contributed by atoms with Gasteiger partial charge in [-0.2, -0.15) is 13.7 Å². The molecule has 0 spiro atoms. The van der Waals surface area contributed by atoms with Crippen molar-refractivity contribution in [1.82, 2.24) is 9.80 Å². The molecule has 8 heteroatoms. The zero-order valence-electron chi connectivity index (χ0n) is 14.1. The number of nitrogens with zero attached hydrogens (tertiary/aromatic N) is 4. The van der Waals surface area contributed by atoms with E-state index < -0.39 is 10.0 Å². The zero-order valence-corrected chi connectivity index (χ0v) is 14.9. The Morgan fingerprint density at radius 3 is 2.68 bits per heavy atom. The number of sulfonamides is 1. The SMILES string of the molecule is CCN(CC#N)C(=O)C1CCN(C2=NS(=O)(=O)c3ccccc32)CC1. The quantitative estimate of drug-likeness (QED) is 0.756. The topological polar surface area (TPSA) is 93.8 Å². The molecule has 2 aliphatic rings. The number of likely N-dealkylation sites (tertiary alicyclic amines) is 1. The van der Waals surface area contributed by atoms with E-state index in [0.29, 0.717) is 43.9 Å². The Labute approximate surface area is 147 Å². The third-order valence-corrected chi connectivity index (χ3v) is 6.04. The first-order valence-electron chi connectivity index (χ1n) is 8.33. The van der Waals surface area contributed by atoms with Crippen LogP contribution in [-0.2, 0) is 14.8 Å². The smallest absolute Gasteiger partial charge is 0.285 e. The Bertz CT molecular complexity index is 849. The molecule has 0 aliphatic carbocycles. The summed E-state index contributed by atoms with van der Waals surface area (Å²) in [7, 11) is -3.62. The van der Waals surface area contributed by atoms with Crippen LogP contribution >= 0.6 is 0 Å². The molecule has 0 atom stereocenters. The number of carbonyl (C=O) groups excluding carboxylic acids is 1. The number of benzene rings is 1. The van der Waals surface area contributed by atoms with E-state index in [4.69, 9.17) is 5.26 Å². The first-order valence-corrected chi connectivity index (χ1v) is 9.77. The summed E-state index contributed by atoms with van der Waals surface area (Å²) in [5.74, 6) is 0.356. The van der Waals surface area contributed by atoms with E-state index >= 15 is 0 Å². The van der Waals surface area contributed by atoms with Crippen molar-refractivity contribution in [3.05, 3.63) is 29.8 Å². The van der Waals surface area contributed by atoms with E-state index in [-0.39, 0.29) is 23.3 Å². The molecule has 0 bridgehead atoms. The first kappa shape index (κ1) is 17.4. The number of fused-ring (bicyclic) bond motifs is 1. The minimum Gasteiger partial charge on any atom is -0.355 e. The second-order valence-electron chi connectivity index (χ2n) is 6.16. The van der Waals surface area contributed by atoms with E-state index in [1.807, 2.05) is 17.9 Å². The molecule has 0 N–H and O–H groups in total. The van der Waals surface area contributed by atoms with Crippen LogP contribution in [0.4, 0.5) is 0 Å². The largest absolute Gasteiger partial charge is 0.355 e. The van der Waals surface area contributed by atoms with Crippen molar-refractivity contribution in [2.24, 2.45) is 10.3 Å². The summed E-state index contributed by atoms with van der Waals surface area (Å²) in [6.07, 6.45) is 1.25. The highest BCUT2D eigenvalue weighted by atomic mass is 32.2.